The molecule has 0 amide bonds. The van der Waals surface area contributed by atoms with E-state index in [-0.39, 0.29) is 0 Å². The van der Waals surface area contributed by atoms with E-state index >= 15 is 0 Å². The Morgan fingerprint density at radius 2 is 2.00 bits per heavy atom. The summed E-state index contributed by atoms with van der Waals surface area (Å²) in [6.45, 7) is 2.86. The summed E-state index contributed by atoms with van der Waals surface area (Å²) in [7, 11) is 0. The lowest BCUT2D eigenvalue weighted by atomic mass is 10.3. The van der Waals surface area contributed by atoms with E-state index in [1.54, 1.807) is 6.20 Å². The molecule has 1 aromatic rings. The van der Waals surface area contributed by atoms with Gasteiger partial charge >= 0.3 is 6.18 Å². The highest BCUT2D eigenvalue weighted by atomic mass is 32.1. The standard InChI is InChI=1S/C6H7NS.C4H5F3O/c1-5-2-3-6(8)4-7-5;1-3(8)2-4(5,6)7/h2-4,8H,1H3;2H2,1H3. The first-order chi connectivity index (χ1) is 7.20. The Morgan fingerprint density at radius 3 is 2.19 bits per heavy atom. The highest BCUT2D eigenvalue weighted by molar-refractivity contribution is 7.80. The molecule has 1 rings (SSSR count). The van der Waals surface area contributed by atoms with Gasteiger partial charge in [-0.25, -0.2) is 0 Å². The second-order valence-electron chi connectivity index (χ2n) is 3.15. The summed E-state index contributed by atoms with van der Waals surface area (Å²) >= 11 is 4.07. The lowest BCUT2D eigenvalue weighted by Gasteiger charge is -1.99. The molecule has 0 aliphatic carbocycles. The number of thiol groups is 1. The van der Waals surface area contributed by atoms with Crippen molar-refractivity contribution in [3.05, 3.63) is 24.0 Å². The predicted molar refractivity (Wildman–Crippen MR) is 57.6 cm³/mol. The summed E-state index contributed by atoms with van der Waals surface area (Å²) in [6.07, 6.45) is -3.91. The molecule has 0 spiro atoms. The highest BCUT2D eigenvalue weighted by Crippen LogP contribution is 2.18. The van der Waals surface area contributed by atoms with Gasteiger partial charge in [0.25, 0.3) is 0 Å². The number of rotatable bonds is 1. The van der Waals surface area contributed by atoms with Gasteiger partial charge in [0, 0.05) is 16.8 Å². The number of Topliss-reactive ketones (excluding diaryl/α,β-unsaturated/α-hetero) is 1. The minimum Gasteiger partial charge on any atom is -0.300 e. The van der Waals surface area contributed by atoms with Crippen molar-refractivity contribution in [2.75, 3.05) is 0 Å². The molecule has 0 radical (unpaired) electrons. The van der Waals surface area contributed by atoms with E-state index in [1.807, 2.05) is 19.1 Å². The number of halogens is 3. The smallest absolute Gasteiger partial charge is 0.300 e. The molecule has 2 nitrogen and oxygen atoms in total. The van der Waals surface area contributed by atoms with Gasteiger partial charge in [0.05, 0.1) is 0 Å². The van der Waals surface area contributed by atoms with Gasteiger partial charge in [-0.15, -0.1) is 12.6 Å². The van der Waals surface area contributed by atoms with E-state index in [0.29, 0.717) is 0 Å². The van der Waals surface area contributed by atoms with E-state index in [9.17, 15) is 18.0 Å². The van der Waals surface area contributed by atoms with Gasteiger partial charge in [-0.05, 0) is 26.0 Å². The molecule has 0 bridgehead atoms. The third-order valence-electron chi connectivity index (χ3n) is 1.35. The molecule has 1 heterocycles. The quantitative estimate of drug-likeness (QED) is 0.777. The third-order valence-corrected chi connectivity index (χ3v) is 1.61. The summed E-state index contributed by atoms with van der Waals surface area (Å²) in [5.41, 5.74) is 1.03. The molecule has 0 atom stereocenters. The second kappa shape index (κ2) is 6.52. The van der Waals surface area contributed by atoms with Crippen LogP contribution in [-0.4, -0.2) is 16.9 Å². The van der Waals surface area contributed by atoms with Crippen molar-refractivity contribution in [3.8, 4) is 0 Å². The zero-order valence-corrected chi connectivity index (χ0v) is 9.77. The largest absolute Gasteiger partial charge is 0.395 e. The zero-order chi connectivity index (χ0) is 12.8. The number of alkyl halides is 3. The third kappa shape index (κ3) is 9.51. The summed E-state index contributed by atoms with van der Waals surface area (Å²) in [5, 5.41) is 0. The Hall–Kier alpha value is -1.04. The number of aryl methyl sites for hydroxylation is 1. The number of hydrogen-bond acceptors (Lipinski definition) is 3. The Bertz CT molecular complexity index is 314. The molecule has 0 saturated heterocycles. The molecule has 0 unspecified atom stereocenters. The second-order valence-corrected chi connectivity index (χ2v) is 3.67. The van der Waals surface area contributed by atoms with Crippen LogP contribution in [0.4, 0.5) is 13.2 Å². The van der Waals surface area contributed by atoms with Crippen molar-refractivity contribution in [1.82, 2.24) is 4.98 Å². The topological polar surface area (TPSA) is 30.0 Å². The van der Waals surface area contributed by atoms with E-state index in [0.717, 1.165) is 17.5 Å². The van der Waals surface area contributed by atoms with Crippen LogP contribution in [-0.2, 0) is 4.79 Å². The summed E-state index contributed by atoms with van der Waals surface area (Å²) in [4.78, 5) is 14.7. The van der Waals surface area contributed by atoms with Crippen LogP contribution in [0.5, 0.6) is 0 Å². The maximum atomic E-state index is 11.1. The van der Waals surface area contributed by atoms with E-state index < -0.39 is 18.4 Å². The molecule has 1 aromatic heterocycles. The first kappa shape index (κ1) is 15.0. The van der Waals surface area contributed by atoms with Crippen molar-refractivity contribution < 1.29 is 18.0 Å². The number of carbonyl (C=O) groups is 1. The predicted octanol–water partition coefficient (Wildman–Crippen LogP) is 3.21. The van der Waals surface area contributed by atoms with Gasteiger partial charge in [-0.3, -0.25) is 9.78 Å². The number of nitrogens with zero attached hydrogens (tertiary/aromatic N) is 1. The lowest BCUT2D eigenvalue weighted by molar-refractivity contribution is -0.150. The van der Waals surface area contributed by atoms with Gasteiger partial charge in [0.15, 0.2) is 0 Å². The van der Waals surface area contributed by atoms with E-state index in [4.69, 9.17) is 0 Å². The van der Waals surface area contributed by atoms with Crippen molar-refractivity contribution in [1.29, 1.82) is 0 Å². The van der Waals surface area contributed by atoms with Crippen molar-refractivity contribution in [2.45, 2.75) is 31.3 Å². The van der Waals surface area contributed by atoms with Gasteiger partial charge in [-0.1, -0.05) is 0 Å². The maximum Gasteiger partial charge on any atom is 0.395 e. The molecular weight excluding hydrogens is 239 g/mol. The van der Waals surface area contributed by atoms with Crippen molar-refractivity contribution in [2.24, 2.45) is 0 Å². The highest BCUT2D eigenvalue weighted by Gasteiger charge is 2.28. The van der Waals surface area contributed by atoms with Gasteiger partial charge < -0.3 is 0 Å². The first-order valence-corrected chi connectivity index (χ1v) is 4.83. The Labute approximate surface area is 97.3 Å². The van der Waals surface area contributed by atoms with Crippen molar-refractivity contribution in [3.63, 3.8) is 0 Å². The Balaban J connectivity index is 0.000000281. The minimum atomic E-state index is -4.33. The average molecular weight is 251 g/mol. The van der Waals surface area contributed by atoms with Crippen LogP contribution in [0.15, 0.2) is 23.2 Å². The number of carbonyl (C=O) groups excluding carboxylic acids is 1. The minimum absolute atomic E-state index is 0.850. The van der Waals surface area contributed by atoms with Crippen LogP contribution in [0, 0.1) is 6.92 Å². The van der Waals surface area contributed by atoms with Crippen LogP contribution in [0.3, 0.4) is 0 Å². The molecule has 0 aliphatic heterocycles. The van der Waals surface area contributed by atoms with Gasteiger partial charge in [0.2, 0.25) is 0 Å². The number of hydrogen-bond donors (Lipinski definition) is 1. The molecule has 0 saturated carbocycles. The van der Waals surface area contributed by atoms with E-state index in [1.165, 1.54) is 0 Å². The fourth-order valence-electron chi connectivity index (χ4n) is 0.742. The molecular formula is C10H12F3NOS. The number of aromatic nitrogens is 1. The van der Waals surface area contributed by atoms with Crippen LogP contribution in [0.1, 0.15) is 19.0 Å². The molecule has 0 N–H and O–H groups in total. The van der Waals surface area contributed by atoms with Gasteiger partial charge in [-0.2, -0.15) is 13.2 Å². The first-order valence-electron chi connectivity index (χ1n) is 4.38. The maximum absolute atomic E-state index is 11.1. The van der Waals surface area contributed by atoms with Crippen LogP contribution >= 0.6 is 12.6 Å². The monoisotopic (exact) mass is 251 g/mol. The fourth-order valence-corrected chi connectivity index (χ4v) is 0.875. The lowest BCUT2D eigenvalue weighted by Crippen LogP contribution is -2.11. The Morgan fingerprint density at radius 1 is 1.44 bits per heavy atom. The normalized spacial score (nSPS) is 10.4. The fraction of sp³-hybridized carbons (Fsp3) is 0.400. The number of pyridine rings is 1. The SMILES string of the molecule is CC(=O)CC(F)(F)F.Cc1ccc(S)cn1. The van der Waals surface area contributed by atoms with Crippen LogP contribution in [0.2, 0.25) is 0 Å². The summed E-state index contributed by atoms with van der Waals surface area (Å²) in [5.74, 6) is -0.850. The zero-order valence-electron chi connectivity index (χ0n) is 8.88. The summed E-state index contributed by atoms with van der Waals surface area (Å²) in [6, 6.07) is 3.85. The molecule has 0 aromatic carbocycles. The molecule has 0 fully saturated rings. The van der Waals surface area contributed by atoms with Crippen LogP contribution in [0.25, 0.3) is 0 Å². The van der Waals surface area contributed by atoms with E-state index in [2.05, 4.69) is 17.6 Å². The Kier molecular flexibility index (Phi) is 6.10. The summed E-state index contributed by atoms with van der Waals surface area (Å²) < 4.78 is 33.3. The molecule has 6 heteroatoms. The molecule has 0 aliphatic rings. The number of ketones is 1. The average Bonchev–Trinajstić information content (AvgIpc) is 2.07. The van der Waals surface area contributed by atoms with Crippen molar-refractivity contribution >= 4 is 18.4 Å². The van der Waals surface area contributed by atoms with Crippen LogP contribution < -0.4 is 0 Å². The molecule has 90 valence electrons. The molecule has 16 heavy (non-hydrogen) atoms. The van der Waals surface area contributed by atoms with Gasteiger partial charge in [0.1, 0.15) is 12.2 Å².